The summed E-state index contributed by atoms with van der Waals surface area (Å²) in [6.45, 7) is 11.6. The van der Waals surface area contributed by atoms with Crippen molar-refractivity contribution in [2.75, 3.05) is 10.6 Å². The fourth-order valence-corrected chi connectivity index (χ4v) is 5.95. The van der Waals surface area contributed by atoms with Gasteiger partial charge in [-0.25, -0.2) is 9.97 Å². The molecule has 0 saturated carbocycles. The molecule has 0 aliphatic carbocycles. The van der Waals surface area contributed by atoms with Crippen molar-refractivity contribution in [3.05, 3.63) is 94.6 Å². The average molecular weight is 650 g/mol. The lowest BCUT2D eigenvalue weighted by Crippen LogP contribution is -2.20. The highest BCUT2D eigenvalue weighted by molar-refractivity contribution is 6.03. The Balaban J connectivity index is 1.30. The van der Waals surface area contributed by atoms with E-state index in [2.05, 4.69) is 20.8 Å². The summed E-state index contributed by atoms with van der Waals surface area (Å²) >= 11 is 0. The molecule has 0 saturated heterocycles. The maximum absolute atomic E-state index is 13.4. The van der Waals surface area contributed by atoms with E-state index in [9.17, 15) is 14.7 Å². The van der Waals surface area contributed by atoms with Crippen LogP contribution in [0.1, 0.15) is 63.6 Å². The molecule has 1 atom stereocenters. The summed E-state index contributed by atoms with van der Waals surface area (Å²) in [6.07, 6.45) is 2.88. The van der Waals surface area contributed by atoms with Crippen LogP contribution >= 0.6 is 0 Å². The molecule has 0 radical (unpaired) electrons. The van der Waals surface area contributed by atoms with Gasteiger partial charge < -0.3 is 25.3 Å². The number of aliphatic hydroxyl groups excluding tert-OH is 1. The van der Waals surface area contributed by atoms with Gasteiger partial charge in [0.05, 0.1) is 39.1 Å². The van der Waals surface area contributed by atoms with Gasteiger partial charge in [0, 0.05) is 31.7 Å². The van der Waals surface area contributed by atoms with Gasteiger partial charge in [0.15, 0.2) is 6.23 Å². The van der Waals surface area contributed by atoms with Gasteiger partial charge in [0.1, 0.15) is 5.69 Å². The van der Waals surface area contributed by atoms with Crippen LogP contribution in [0, 0.1) is 20.8 Å². The molecule has 1 unspecified atom stereocenters. The van der Waals surface area contributed by atoms with Crippen molar-refractivity contribution >= 4 is 45.8 Å². The third kappa shape index (κ3) is 6.17. The normalized spacial score (nSPS) is 12.4. The van der Waals surface area contributed by atoms with Crippen LogP contribution in [0.3, 0.4) is 0 Å². The zero-order valence-electron chi connectivity index (χ0n) is 27.6. The Morgan fingerprint density at radius 3 is 2.29 bits per heavy atom. The molecule has 0 aliphatic heterocycles. The molecule has 14 nitrogen and oxygen atoms in total. The molecule has 14 heteroatoms. The van der Waals surface area contributed by atoms with Gasteiger partial charge in [-0.3, -0.25) is 24.3 Å². The Bertz CT molecular complexity index is 2180. The van der Waals surface area contributed by atoms with Crippen molar-refractivity contribution in [2.45, 2.75) is 67.0 Å². The molecule has 0 aliphatic rings. The van der Waals surface area contributed by atoms with Crippen LogP contribution in [0.15, 0.2) is 60.7 Å². The molecule has 6 rings (SSSR count). The summed E-state index contributed by atoms with van der Waals surface area (Å²) in [5.74, 6) is -0.00575. The van der Waals surface area contributed by atoms with Crippen LogP contribution in [0.5, 0.6) is 0 Å². The van der Waals surface area contributed by atoms with Crippen molar-refractivity contribution < 1.29 is 14.7 Å². The van der Waals surface area contributed by atoms with Crippen LogP contribution in [0.4, 0.5) is 11.9 Å². The Morgan fingerprint density at radius 2 is 1.56 bits per heavy atom. The third-order valence-corrected chi connectivity index (χ3v) is 8.18. The van der Waals surface area contributed by atoms with E-state index in [-0.39, 0.29) is 5.91 Å². The Labute approximate surface area is 276 Å². The second-order valence-electron chi connectivity index (χ2n) is 11.6. The Kier molecular flexibility index (Phi) is 8.82. The summed E-state index contributed by atoms with van der Waals surface area (Å²) in [6, 6.07) is 14.5. The van der Waals surface area contributed by atoms with Crippen LogP contribution in [0.2, 0.25) is 0 Å². The standard InChI is InChI=1S/C34H39N11O3/c1-6-44-27(17-21(4)40-44)31(47)38-33-37-25-19-23(30(35)46)13-14-26(25)42(33)15-8-9-16-43-29-20(3)11-10-12-24(29)36-34(43)39-32(48)28-18-22(5)41-45(28)7-2/h8-14,17-19,31,47H,6-7,15-16H2,1-5H3,(H2,35,46)(H,37,38)(H,36,39,48)/b9-8+. The van der Waals surface area contributed by atoms with Crippen LogP contribution in [0.25, 0.3) is 22.1 Å². The van der Waals surface area contributed by atoms with E-state index in [0.717, 1.165) is 33.5 Å². The first kappa shape index (κ1) is 32.2. The molecule has 0 fully saturated rings. The number of anilines is 2. The summed E-state index contributed by atoms with van der Waals surface area (Å²) in [7, 11) is 0. The molecular weight excluding hydrogens is 610 g/mol. The number of aliphatic hydroxyl groups is 1. The first-order valence-electron chi connectivity index (χ1n) is 15.8. The molecule has 0 spiro atoms. The molecular formula is C34H39N11O3. The minimum atomic E-state index is -1.08. The van der Waals surface area contributed by atoms with Crippen molar-refractivity contribution in [1.82, 2.24) is 38.7 Å². The second-order valence-corrected chi connectivity index (χ2v) is 11.6. The number of aromatic nitrogens is 8. The average Bonchev–Trinajstić information content (AvgIpc) is 3.81. The number of hydrogen-bond acceptors (Lipinski definition) is 8. The van der Waals surface area contributed by atoms with Crippen LogP contribution in [-0.2, 0) is 26.2 Å². The zero-order chi connectivity index (χ0) is 34.1. The maximum atomic E-state index is 13.4. The van der Waals surface area contributed by atoms with E-state index in [1.165, 1.54) is 0 Å². The lowest BCUT2D eigenvalue weighted by atomic mass is 10.2. The summed E-state index contributed by atoms with van der Waals surface area (Å²) in [5.41, 5.74) is 12.5. The van der Waals surface area contributed by atoms with E-state index in [1.807, 2.05) is 80.2 Å². The number of benzene rings is 2. The molecule has 4 heterocycles. The molecule has 248 valence electrons. The summed E-state index contributed by atoms with van der Waals surface area (Å²) < 4.78 is 7.29. The molecule has 2 amide bonds. The Hall–Kier alpha value is -5.76. The van der Waals surface area contributed by atoms with Crippen molar-refractivity contribution in [2.24, 2.45) is 5.73 Å². The number of allylic oxidation sites excluding steroid dienone is 2. The maximum Gasteiger partial charge on any atom is 0.276 e. The number of nitrogens with two attached hydrogens (primary N) is 1. The number of carbonyl (C=O) groups excluding carboxylic acids is 2. The van der Waals surface area contributed by atoms with Gasteiger partial charge in [-0.1, -0.05) is 24.3 Å². The minimum absolute atomic E-state index is 0.287. The van der Waals surface area contributed by atoms with Crippen LogP contribution in [-0.4, -0.2) is 55.6 Å². The topological polar surface area (TPSA) is 176 Å². The van der Waals surface area contributed by atoms with Gasteiger partial charge >= 0.3 is 0 Å². The molecule has 0 bridgehead atoms. The van der Waals surface area contributed by atoms with E-state index < -0.39 is 12.1 Å². The fraction of sp³-hybridized carbons (Fsp3) is 0.294. The number of fused-ring (bicyclic) bond motifs is 2. The number of amides is 2. The number of rotatable bonds is 12. The van der Waals surface area contributed by atoms with Crippen LogP contribution < -0.4 is 16.4 Å². The zero-order valence-corrected chi connectivity index (χ0v) is 27.6. The predicted molar refractivity (Wildman–Crippen MR) is 184 cm³/mol. The minimum Gasteiger partial charge on any atom is -0.368 e. The second kappa shape index (κ2) is 13.2. The van der Waals surface area contributed by atoms with E-state index in [0.29, 0.717) is 60.5 Å². The van der Waals surface area contributed by atoms with Gasteiger partial charge in [0.25, 0.3) is 5.91 Å². The molecule has 48 heavy (non-hydrogen) atoms. The first-order chi connectivity index (χ1) is 23.1. The quantitative estimate of drug-likeness (QED) is 0.111. The first-order valence-corrected chi connectivity index (χ1v) is 15.8. The number of para-hydroxylation sites is 1. The molecule has 5 N–H and O–H groups in total. The lowest BCUT2D eigenvalue weighted by molar-refractivity contribution is 0.0996. The van der Waals surface area contributed by atoms with Gasteiger partial charge in [-0.05, 0) is 76.6 Å². The lowest BCUT2D eigenvalue weighted by Gasteiger charge is -2.16. The molecule has 4 aromatic heterocycles. The van der Waals surface area contributed by atoms with E-state index >= 15 is 0 Å². The van der Waals surface area contributed by atoms with Gasteiger partial charge in [-0.15, -0.1) is 0 Å². The summed E-state index contributed by atoms with van der Waals surface area (Å²) in [4.78, 5) is 34.7. The summed E-state index contributed by atoms with van der Waals surface area (Å²) in [5, 5.41) is 26.1. The van der Waals surface area contributed by atoms with Gasteiger partial charge in [0.2, 0.25) is 17.8 Å². The number of carbonyl (C=O) groups is 2. The number of primary amides is 1. The van der Waals surface area contributed by atoms with Crippen molar-refractivity contribution in [3.63, 3.8) is 0 Å². The molecule has 6 aromatic rings. The highest BCUT2D eigenvalue weighted by Crippen LogP contribution is 2.26. The molecule has 2 aromatic carbocycles. The highest BCUT2D eigenvalue weighted by Gasteiger charge is 2.20. The largest absolute Gasteiger partial charge is 0.368 e. The van der Waals surface area contributed by atoms with Gasteiger partial charge in [-0.2, -0.15) is 10.2 Å². The highest BCUT2D eigenvalue weighted by atomic mass is 16.3. The predicted octanol–water partition coefficient (Wildman–Crippen LogP) is 4.45. The number of hydrogen-bond donors (Lipinski definition) is 4. The number of nitrogens with one attached hydrogen (secondary N) is 2. The smallest absolute Gasteiger partial charge is 0.276 e. The van der Waals surface area contributed by atoms with Crippen molar-refractivity contribution in [3.8, 4) is 0 Å². The number of nitrogens with zero attached hydrogens (tertiary/aromatic N) is 8. The number of imidazole rings is 2. The van der Waals surface area contributed by atoms with Crippen molar-refractivity contribution in [1.29, 1.82) is 0 Å². The number of aryl methyl sites for hydroxylation is 5. The van der Waals surface area contributed by atoms with E-state index in [1.54, 1.807) is 33.6 Å². The fourth-order valence-electron chi connectivity index (χ4n) is 5.95. The SMILES string of the molecule is CCn1nc(C)cc1C(=O)Nc1nc2cccc(C)c2n1C/C=C/Cn1c(NC(O)c2cc(C)nn2CC)nc2cc(C(N)=O)ccc21. The van der Waals surface area contributed by atoms with E-state index in [4.69, 9.17) is 15.7 Å². The Morgan fingerprint density at radius 1 is 0.875 bits per heavy atom. The monoisotopic (exact) mass is 649 g/mol. The third-order valence-electron chi connectivity index (χ3n) is 8.18.